The molecule has 0 bridgehead atoms. The molecule has 14 heavy (non-hydrogen) atoms. The maximum absolute atomic E-state index is 7.66. The van der Waals surface area contributed by atoms with Crippen molar-refractivity contribution in [1.82, 2.24) is 9.78 Å². The van der Waals surface area contributed by atoms with Crippen LogP contribution in [0.25, 0.3) is 10.6 Å². The van der Waals surface area contributed by atoms with Crippen LogP contribution < -0.4 is 4.80 Å². The fourth-order valence-electron chi connectivity index (χ4n) is 1.23. The van der Waals surface area contributed by atoms with Crippen molar-refractivity contribution in [2.24, 2.45) is 0 Å². The normalized spacial score (nSPS) is 10.4. The Balaban J connectivity index is 2.48. The number of hydrogen-bond acceptors (Lipinski definition) is 3. The zero-order valence-electron chi connectivity index (χ0n) is 7.90. The summed E-state index contributed by atoms with van der Waals surface area (Å²) < 4.78 is 1.70. The molecule has 1 aromatic heterocycles. The fraction of sp³-hybridized carbons (Fsp3) is 0.200. The standard InChI is InChI=1S/C10H11N3S/c1-2-13-10(11)14-9(12-13)8-6-4-3-5-7-8/h3-7,11H,2H2,1H3. The highest BCUT2D eigenvalue weighted by atomic mass is 32.1. The van der Waals surface area contributed by atoms with E-state index in [1.165, 1.54) is 11.3 Å². The number of benzene rings is 1. The van der Waals surface area contributed by atoms with E-state index >= 15 is 0 Å². The monoisotopic (exact) mass is 205 g/mol. The summed E-state index contributed by atoms with van der Waals surface area (Å²) in [6, 6.07) is 9.97. The molecule has 4 heteroatoms. The van der Waals surface area contributed by atoms with E-state index in [1.54, 1.807) is 4.68 Å². The molecule has 0 amide bonds. The summed E-state index contributed by atoms with van der Waals surface area (Å²) in [5.41, 5.74) is 1.08. The molecule has 0 saturated carbocycles. The minimum atomic E-state index is 0.506. The summed E-state index contributed by atoms with van der Waals surface area (Å²) in [5, 5.41) is 12.9. The van der Waals surface area contributed by atoms with E-state index in [4.69, 9.17) is 5.41 Å². The first-order valence-electron chi connectivity index (χ1n) is 4.49. The summed E-state index contributed by atoms with van der Waals surface area (Å²) >= 11 is 1.41. The Morgan fingerprint density at radius 3 is 2.64 bits per heavy atom. The molecular weight excluding hydrogens is 194 g/mol. The highest BCUT2D eigenvalue weighted by Gasteiger charge is 2.03. The molecule has 2 rings (SSSR count). The summed E-state index contributed by atoms with van der Waals surface area (Å²) in [6.07, 6.45) is 0. The smallest absolute Gasteiger partial charge is 0.200 e. The molecule has 0 spiro atoms. The summed E-state index contributed by atoms with van der Waals surface area (Å²) in [7, 11) is 0. The van der Waals surface area contributed by atoms with Gasteiger partial charge in [-0.15, -0.1) is 0 Å². The molecule has 72 valence electrons. The van der Waals surface area contributed by atoms with Crippen molar-refractivity contribution >= 4 is 11.3 Å². The van der Waals surface area contributed by atoms with Gasteiger partial charge < -0.3 is 0 Å². The lowest BCUT2D eigenvalue weighted by molar-refractivity contribution is 0.627. The van der Waals surface area contributed by atoms with Gasteiger partial charge in [0.2, 0.25) is 4.80 Å². The number of aromatic nitrogens is 2. The molecule has 1 aromatic carbocycles. The highest BCUT2D eigenvalue weighted by molar-refractivity contribution is 7.12. The van der Waals surface area contributed by atoms with Gasteiger partial charge in [-0.05, 0) is 6.92 Å². The number of rotatable bonds is 2. The van der Waals surface area contributed by atoms with Gasteiger partial charge in [-0.25, -0.2) is 4.68 Å². The van der Waals surface area contributed by atoms with Crippen LogP contribution in [0.5, 0.6) is 0 Å². The minimum Gasteiger partial charge on any atom is -0.274 e. The Bertz CT molecular complexity index is 470. The van der Waals surface area contributed by atoms with Crippen molar-refractivity contribution in [3.8, 4) is 10.6 Å². The van der Waals surface area contributed by atoms with Gasteiger partial charge in [0.25, 0.3) is 0 Å². The van der Waals surface area contributed by atoms with Crippen molar-refractivity contribution in [2.45, 2.75) is 13.5 Å². The first kappa shape index (κ1) is 9.15. The first-order chi connectivity index (χ1) is 6.81. The van der Waals surface area contributed by atoms with Crippen LogP contribution in [0.4, 0.5) is 0 Å². The molecule has 2 aromatic rings. The number of nitrogens with zero attached hydrogens (tertiary/aromatic N) is 2. The van der Waals surface area contributed by atoms with Crippen LogP contribution in [-0.4, -0.2) is 9.78 Å². The van der Waals surface area contributed by atoms with Crippen LogP contribution in [0.2, 0.25) is 0 Å². The van der Waals surface area contributed by atoms with Gasteiger partial charge in [-0.1, -0.05) is 41.7 Å². The van der Waals surface area contributed by atoms with E-state index in [9.17, 15) is 0 Å². The predicted molar refractivity (Wildman–Crippen MR) is 57.1 cm³/mol. The van der Waals surface area contributed by atoms with Gasteiger partial charge >= 0.3 is 0 Å². The van der Waals surface area contributed by atoms with Gasteiger partial charge in [0.1, 0.15) is 5.01 Å². The number of aryl methyl sites for hydroxylation is 1. The Labute approximate surface area is 86.2 Å². The van der Waals surface area contributed by atoms with Crippen LogP contribution in [0, 0.1) is 5.41 Å². The molecule has 3 nitrogen and oxygen atoms in total. The first-order valence-corrected chi connectivity index (χ1v) is 5.31. The van der Waals surface area contributed by atoms with Crippen LogP contribution in [0.15, 0.2) is 30.3 Å². The third-order valence-corrected chi connectivity index (χ3v) is 2.87. The molecule has 0 radical (unpaired) electrons. The average Bonchev–Trinajstić information content (AvgIpc) is 2.61. The lowest BCUT2D eigenvalue weighted by Crippen LogP contribution is -2.12. The molecular formula is C10H11N3S. The lowest BCUT2D eigenvalue weighted by atomic mass is 10.2. The van der Waals surface area contributed by atoms with Gasteiger partial charge in [-0.3, -0.25) is 5.41 Å². The predicted octanol–water partition coefficient (Wildman–Crippen LogP) is 2.11. The molecule has 0 atom stereocenters. The Hall–Kier alpha value is -1.42. The van der Waals surface area contributed by atoms with Crippen molar-refractivity contribution in [2.75, 3.05) is 0 Å². The van der Waals surface area contributed by atoms with Crippen LogP contribution in [0.3, 0.4) is 0 Å². The Morgan fingerprint density at radius 1 is 1.36 bits per heavy atom. The van der Waals surface area contributed by atoms with Crippen LogP contribution >= 0.6 is 11.3 Å². The van der Waals surface area contributed by atoms with Crippen molar-refractivity contribution in [1.29, 1.82) is 5.41 Å². The summed E-state index contributed by atoms with van der Waals surface area (Å²) in [5.74, 6) is 0. The zero-order valence-corrected chi connectivity index (χ0v) is 8.71. The fourth-order valence-corrected chi connectivity index (χ4v) is 2.08. The van der Waals surface area contributed by atoms with Gasteiger partial charge in [0.05, 0.1) is 0 Å². The van der Waals surface area contributed by atoms with E-state index in [0.29, 0.717) is 4.80 Å². The maximum atomic E-state index is 7.66. The summed E-state index contributed by atoms with van der Waals surface area (Å²) in [4.78, 5) is 0.506. The van der Waals surface area contributed by atoms with Gasteiger partial charge in [-0.2, -0.15) is 5.10 Å². The van der Waals surface area contributed by atoms with Gasteiger partial charge in [0.15, 0.2) is 0 Å². The Morgan fingerprint density at radius 2 is 2.07 bits per heavy atom. The Kier molecular flexibility index (Phi) is 2.45. The van der Waals surface area contributed by atoms with Crippen LogP contribution in [-0.2, 0) is 6.54 Å². The molecule has 0 aliphatic heterocycles. The molecule has 0 aliphatic carbocycles. The average molecular weight is 205 g/mol. The molecule has 0 fully saturated rings. The van der Waals surface area contributed by atoms with Crippen molar-refractivity contribution in [3.05, 3.63) is 35.1 Å². The van der Waals surface area contributed by atoms with E-state index in [0.717, 1.165) is 17.1 Å². The minimum absolute atomic E-state index is 0.506. The van der Waals surface area contributed by atoms with Crippen LogP contribution in [0.1, 0.15) is 6.92 Å². The van der Waals surface area contributed by atoms with Crippen molar-refractivity contribution < 1.29 is 0 Å². The lowest BCUT2D eigenvalue weighted by Gasteiger charge is -1.93. The van der Waals surface area contributed by atoms with Gasteiger partial charge in [0, 0.05) is 12.1 Å². The zero-order chi connectivity index (χ0) is 9.97. The molecule has 1 heterocycles. The second kappa shape index (κ2) is 3.75. The quantitative estimate of drug-likeness (QED) is 0.801. The number of nitrogens with one attached hydrogen (secondary N) is 1. The maximum Gasteiger partial charge on any atom is 0.200 e. The summed E-state index contributed by atoms with van der Waals surface area (Å²) in [6.45, 7) is 2.74. The molecule has 0 aliphatic rings. The third kappa shape index (κ3) is 1.61. The SMILES string of the molecule is CCn1nc(-c2ccccc2)sc1=N. The largest absolute Gasteiger partial charge is 0.274 e. The molecule has 0 saturated heterocycles. The second-order valence-corrected chi connectivity index (χ2v) is 3.87. The van der Waals surface area contributed by atoms with E-state index in [2.05, 4.69) is 5.10 Å². The van der Waals surface area contributed by atoms with E-state index in [-0.39, 0.29) is 0 Å². The molecule has 0 unspecified atom stereocenters. The second-order valence-electron chi connectivity index (χ2n) is 2.89. The van der Waals surface area contributed by atoms with E-state index < -0.39 is 0 Å². The van der Waals surface area contributed by atoms with E-state index in [1.807, 2.05) is 37.3 Å². The number of hydrogen-bond donors (Lipinski definition) is 1. The third-order valence-electron chi connectivity index (χ3n) is 1.96. The molecule has 1 N–H and O–H groups in total. The highest BCUT2D eigenvalue weighted by Crippen LogP contribution is 2.17. The topological polar surface area (TPSA) is 41.7 Å². The van der Waals surface area contributed by atoms with Crippen molar-refractivity contribution in [3.63, 3.8) is 0 Å².